The van der Waals surface area contributed by atoms with E-state index in [1.165, 1.54) is 0 Å². The maximum atomic E-state index is 11.5. The molecule has 6 nitrogen and oxygen atoms in total. The fourth-order valence-electron chi connectivity index (χ4n) is 2.70. The van der Waals surface area contributed by atoms with Gasteiger partial charge in [0.15, 0.2) is 0 Å². The van der Waals surface area contributed by atoms with Crippen molar-refractivity contribution in [3.8, 4) is 0 Å². The van der Waals surface area contributed by atoms with Crippen molar-refractivity contribution < 1.29 is 19.0 Å². The summed E-state index contributed by atoms with van der Waals surface area (Å²) >= 11 is 0. The van der Waals surface area contributed by atoms with Gasteiger partial charge >= 0.3 is 0 Å². The minimum absolute atomic E-state index is 0.289. The number of rotatable bonds is 6. The lowest BCUT2D eigenvalue weighted by atomic mass is 9.90. The molecule has 2 rings (SSSR count). The van der Waals surface area contributed by atoms with Crippen LogP contribution in [0.4, 0.5) is 5.69 Å². The molecule has 0 amide bonds. The van der Waals surface area contributed by atoms with Crippen LogP contribution in [0.25, 0.3) is 0 Å². The molecule has 1 aliphatic rings. The third kappa shape index (κ3) is 3.41. The van der Waals surface area contributed by atoms with Gasteiger partial charge in [0.05, 0.1) is 12.0 Å². The first-order valence-electron chi connectivity index (χ1n) is 6.93. The highest BCUT2D eigenvalue weighted by molar-refractivity contribution is 5.58. The monoisotopic (exact) mass is 294 g/mol. The number of nitrogens with one attached hydrogen (secondary N) is 1. The standard InChI is InChI=1S/C15H22N2O4/c1-19-13-11(9-18)15(17-10-6-4-3-5-7-10)21-12(8-16)14(13)20-2/h3-7,9,11-15,17H,8,16H2,1-2H3/t11?,12-,13?,14?,15+/m1/s1. The van der Waals surface area contributed by atoms with E-state index in [4.69, 9.17) is 19.9 Å². The molecule has 6 heteroatoms. The number of anilines is 1. The van der Waals surface area contributed by atoms with Crippen LogP contribution in [0.3, 0.4) is 0 Å². The van der Waals surface area contributed by atoms with E-state index in [0.29, 0.717) is 0 Å². The second kappa shape index (κ2) is 7.51. The first-order chi connectivity index (χ1) is 10.2. The summed E-state index contributed by atoms with van der Waals surface area (Å²) in [6.07, 6.45) is -0.778. The van der Waals surface area contributed by atoms with Gasteiger partial charge in [0.1, 0.15) is 24.7 Å². The fraction of sp³-hybridized carbons (Fsp3) is 0.533. The zero-order valence-electron chi connectivity index (χ0n) is 12.3. The van der Waals surface area contributed by atoms with Crippen molar-refractivity contribution >= 4 is 12.0 Å². The summed E-state index contributed by atoms with van der Waals surface area (Å²) in [7, 11) is 3.13. The summed E-state index contributed by atoms with van der Waals surface area (Å²) in [6, 6.07) is 9.56. The molecule has 1 aliphatic heterocycles. The highest BCUT2D eigenvalue weighted by atomic mass is 16.6. The van der Waals surface area contributed by atoms with Gasteiger partial charge in [-0.15, -0.1) is 0 Å². The molecular weight excluding hydrogens is 272 g/mol. The lowest BCUT2D eigenvalue weighted by Crippen LogP contribution is -2.60. The van der Waals surface area contributed by atoms with E-state index in [9.17, 15) is 4.79 Å². The first-order valence-corrected chi connectivity index (χ1v) is 6.93. The third-order valence-electron chi connectivity index (χ3n) is 3.76. The first kappa shape index (κ1) is 15.9. The quantitative estimate of drug-likeness (QED) is 0.749. The van der Waals surface area contributed by atoms with Gasteiger partial charge in [-0.3, -0.25) is 0 Å². The van der Waals surface area contributed by atoms with Crippen LogP contribution in [-0.4, -0.2) is 51.6 Å². The predicted molar refractivity (Wildman–Crippen MR) is 78.9 cm³/mol. The molecule has 1 aromatic rings. The van der Waals surface area contributed by atoms with Crippen molar-refractivity contribution in [2.24, 2.45) is 11.7 Å². The number of ether oxygens (including phenoxy) is 3. The number of methoxy groups -OCH3 is 2. The van der Waals surface area contributed by atoms with Crippen LogP contribution in [0.2, 0.25) is 0 Å². The van der Waals surface area contributed by atoms with E-state index in [2.05, 4.69) is 5.32 Å². The van der Waals surface area contributed by atoms with E-state index in [0.717, 1.165) is 12.0 Å². The number of hydrogen-bond acceptors (Lipinski definition) is 6. The molecule has 1 heterocycles. The molecule has 0 aliphatic carbocycles. The van der Waals surface area contributed by atoms with E-state index < -0.39 is 18.2 Å². The molecule has 1 saturated heterocycles. The molecule has 21 heavy (non-hydrogen) atoms. The van der Waals surface area contributed by atoms with Gasteiger partial charge in [-0.1, -0.05) is 18.2 Å². The zero-order chi connectivity index (χ0) is 15.2. The Bertz CT molecular complexity index is 443. The number of para-hydroxylation sites is 1. The summed E-state index contributed by atoms with van der Waals surface area (Å²) in [5.41, 5.74) is 6.62. The van der Waals surface area contributed by atoms with Crippen molar-refractivity contribution in [2.75, 3.05) is 26.1 Å². The maximum Gasteiger partial charge on any atom is 0.140 e. The number of benzene rings is 1. The highest BCUT2D eigenvalue weighted by Gasteiger charge is 2.46. The fourth-order valence-corrected chi connectivity index (χ4v) is 2.70. The molecule has 5 atom stereocenters. The van der Waals surface area contributed by atoms with Gasteiger partial charge in [-0.2, -0.15) is 0 Å². The van der Waals surface area contributed by atoms with Gasteiger partial charge in [-0.25, -0.2) is 0 Å². The van der Waals surface area contributed by atoms with E-state index in [1.54, 1.807) is 14.2 Å². The van der Waals surface area contributed by atoms with Crippen molar-refractivity contribution in [2.45, 2.75) is 24.5 Å². The molecule has 1 fully saturated rings. The number of carbonyl (C=O) groups is 1. The van der Waals surface area contributed by atoms with Crippen LogP contribution in [0, 0.1) is 5.92 Å². The largest absolute Gasteiger partial charge is 0.378 e. The summed E-state index contributed by atoms with van der Waals surface area (Å²) in [6.45, 7) is 0.289. The van der Waals surface area contributed by atoms with Gasteiger partial charge in [0, 0.05) is 26.5 Å². The van der Waals surface area contributed by atoms with E-state index in [-0.39, 0.29) is 18.8 Å². The molecule has 3 N–H and O–H groups in total. The second-order valence-corrected chi connectivity index (χ2v) is 4.96. The van der Waals surface area contributed by atoms with Gasteiger partial charge in [-0.05, 0) is 12.1 Å². The molecule has 0 radical (unpaired) electrons. The molecule has 0 spiro atoms. The van der Waals surface area contributed by atoms with Gasteiger partial charge in [0.25, 0.3) is 0 Å². The smallest absolute Gasteiger partial charge is 0.140 e. The molecular formula is C15H22N2O4. The van der Waals surface area contributed by atoms with Crippen molar-refractivity contribution in [3.05, 3.63) is 30.3 Å². The molecule has 3 unspecified atom stereocenters. The van der Waals surface area contributed by atoms with Crippen LogP contribution < -0.4 is 11.1 Å². The average Bonchev–Trinajstić information content (AvgIpc) is 2.54. The second-order valence-electron chi connectivity index (χ2n) is 4.96. The van der Waals surface area contributed by atoms with Crippen LogP contribution >= 0.6 is 0 Å². The number of nitrogens with two attached hydrogens (primary N) is 1. The Balaban J connectivity index is 2.21. The average molecular weight is 294 g/mol. The minimum atomic E-state index is -0.505. The van der Waals surface area contributed by atoms with Crippen molar-refractivity contribution in [3.63, 3.8) is 0 Å². The van der Waals surface area contributed by atoms with Crippen LogP contribution in [0.5, 0.6) is 0 Å². The Hall–Kier alpha value is -1.47. The Morgan fingerprint density at radius 1 is 1.24 bits per heavy atom. The van der Waals surface area contributed by atoms with E-state index >= 15 is 0 Å². The maximum absolute atomic E-state index is 11.5. The summed E-state index contributed by atoms with van der Waals surface area (Å²) in [5.74, 6) is -0.483. The van der Waals surface area contributed by atoms with Crippen LogP contribution in [0.15, 0.2) is 30.3 Å². The molecule has 0 saturated carbocycles. The summed E-state index contributed by atoms with van der Waals surface area (Å²) in [5, 5.41) is 3.21. The Morgan fingerprint density at radius 2 is 1.90 bits per heavy atom. The van der Waals surface area contributed by atoms with Gasteiger partial charge in [0.2, 0.25) is 0 Å². The van der Waals surface area contributed by atoms with Crippen LogP contribution in [0.1, 0.15) is 0 Å². The molecule has 0 bridgehead atoms. The Kier molecular flexibility index (Phi) is 5.69. The molecule has 116 valence electrons. The highest BCUT2D eigenvalue weighted by Crippen LogP contribution is 2.29. The third-order valence-corrected chi connectivity index (χ3v) is 3.76. The van der Waals surface area contributed by atoms with Crippen LogP contribution in [-0.2, 0) is 19.0 Å². The minimum Gasteiger partial charge on any atom is -0.378 e. The summed E-state index contributed by atoms with van der Waals surface area (Å²) in [4.78, 5) is 11.5. The zero-order valence-corrected chi connectivity index (χ0v) is 12.3. The Labute approximate surface area is 124 Å². The normalized spacial score (nSPS) is 32.6. The van der Waals surface area contributed by atoms with E-state index in [1.807, 2.05) is 30.3 Å². The Morgan fingerprint density at radius 3 is 2.43 bits per heavy atom. The topological polar surface area (TPSA) is 82.8 Å². The van der Waals surface area contributed by atoms with Crippen molar-refractivity contribution in [1.29, 1.82) is 0 Å². The SMILES string of the molecule is COC1C(OC)[C@@H](CN)O[C@H](Nc2ccccc2)C1C=O. The lowest BCUT2D eigenvalue weighted by Gasteiger charge is -2.44. The number of aldehydes is 1. The number of carbonyl (C=O) groups excluding carboxylic acids is 1. The number of hydrogen-bond donors (Lipinski definition) is 2. The molecule has 1 aromatic carbocycles. The molecule has 0 aromatic heterocycles. The lowest BCUT2D eigenvalue weighted by molar-refractivity contribution is -0.201. The summed E-state index contributed by atoms with van der Waals surface area (Å²) < 4.78 is 16.8. The van der Waals surface area contributed by atoms with Gasteiger partial charge < -0.3 is 30.1 Å². The van der Waals surface area contributed by atoms with Crippen molar-refractivity contribution in [1.82, 2.24) is 0 Å². The predicted octanol–water partition coefficient (Wildman–Crippen LogP) is 0.627.